The maximum atomic E-state index is 5.83. The van der Waals surface area contributed by atoms with Crippen molar-refractivity contribution in [3.05, 3.63) is 59.2 Å². The van der Waals surface area contributed by atoms with Gasteiger partial charge in [-0.2, -0.15) is 0 Å². The molecule has 2 aromatic rings. The number of anilines is 1. The second-order valence-corrected chi connectivity index (χ2v) is 5.47. The molecule has 2 N–H and O–H groups in total. The molecule has 0 unspecified atom stereocenters. The number of ether oxygens (including phenoxy) is 1. The molecular weight excluding hydrogens is 280 g/mol. The predicted octanol–water partition coefficient (Wildman–Crippen LogP) is 3.27. The second-order valence-electron chi connectivity index (χ2n) is 5.03. The summed E-state index contributed by atoms with van der Waals surface area (Å²) in [6.45, 7) is 2.90. The SMILES string of the molecule is COc1ccc(C(N)=S)c(N(C)Cc2ccccc2C)c1. The van der Waals surface area contributed by atoms with Gasteiger partial charge in [-0.15, -0.1) is 0 Å². The van der Waals surface area contributed by atoms with E-state index in [4.69, 9.17) is 22.7 Å². The van der Waals surface area contributed by atoms with Gasteiger partial charge in [-0.05, 0) is 30.2 Å². The Balaban J connectivity index is 2.35. The Bertz CT molecular complexity index is 655. The number of benzene rings is 2. The molecule has 4 heteroatoms. The third kappa shape index (κ3) is 3.52. The van der Waals surface area contributed by atoms with Crippen LogP contribution < -0.4 is 15.4 Å². The fraction of sp³-hybridized carbons (Fsp3) is 0.235. The number of rotatable bonds is 5. The molecule has 0 amide bonds. The van der Waals surface area contributed by atoms with Gasteiger partial charge < -0.3 is 15.4 Å². The summed E-state index contributed by atoms with van der Waals surface area (Å²) in [4.78, 5) is 2.53. The second kappa shape index (κ2) is 6.59. The summed E-state index contributed by atoms with van der Waals surface area (Å²) in [6.07, 6.45) is 0. The Kier molecular flexibility index (Phi) is 4.81. The van der Waals surface area contributed by atoms with Gasteiger partial charge in [0.1, 0.15) is 10.7 Å². The topological polar surface area (TPSA) is 38.5 Å². The average Bonchev–Trinajstić information content (AvgIpc) is 2.48. The van der Waals surface area contributed by atoms with E-state index in [0.29, 0.717) is 4.99 Å². The van der Waals surface area contributed by atoms with Crippen molar-refractivity contribution < 1.29 is 4.74 Å². The van der Waals surface area contributed by atoms with Crippen LogP contribution in [0.3, 0.4) is 0 Å². The summed E-state index contributed by atoms with van der Waals surface area (Å²) < 4.78 is 5.30. The first-order chi connectivity index (χ1) is 10.0. The van der Waals surface area contributed by atoms with E-state index >= 15 is 0 Å². The average molecular weight is 300 g/mol. The molecule has 0 saturated carbocycles. The first kappa shape index (κ1) is 15.3. The van der Waals surface area contributed by atoms with E-state index in [1.807, 2.05) is 31.3 Å². The first-order valence-electron chi connectivity index (χ1n) is 6.76. The highest BCUT2D eigenvalue weighted by Gasteiger charge is 2.12. The zero-order valence-corrected chi connectivity index (χ0v) is 13.4. The molecule has 21 heavy (non-hydrogen) atoms. The third-order valence-corrected chi connectivity index (χ3v) is 3.77. The van der Waals surface area contributed by atoms with E-state index in [2.05, 4.69) is 30.0 Å². The van der Waals surface area contributed by atoms with Crippen LogP contribution in [0.4, 0.5) is 5.69 Å². The largest absolute Gasteiger partial charge is 0.497 e. The van der Waals surface area contributed by atoms with Crippen molar-refractivity contribution in [1.82, 2.24) is 0 Å². The van der Waals surface area contributed by atoms with Gasteiger partial charge in [0, 0.05) is 25.2 Å². The standard InChI is InChI=1S/C17H20N2OS/c1-12-6-4-5-7-13(12)11-19(2)16-10-14(20-3)8-9-15(16)17(18)21/h4-10H,11H2,1-3H3,(H2,18,21). The Morgan fingerprint density at radius 3 is 2.57 bits per heavy atom. The molecule has 0 aliphatic carbocycles. The van der Waals surface area contributed by atoms with Crippen molar-refractivity contribution >= 4 is 22.9 Å². The molecule has 2 rings (SSSR count). The van der Waals surface area contributed by atoms with Gasteiger partial charge in [0.25, 0.3) is 0 Å². The van der Waals surface area contributed by atoms with E-state index in [-0.39, 0.29) is 0 Å². The minimum Gasteiger partial charge on any atom is -0.497 e. The number of methoxy groups -OCH3 is 1. The zero-order chi connectivity index (χ0) is 15.4. The van der Waals surface area contributed by atoms with Crippen LogP contribution in [0.2, 0.25) is 0 Å². The number of hydrogen-bond donors (Lipinski definition) is 1. The van der Waals surface area contributed by atoms with E-state index < -0.39 is 0 Å². The summed E-state index contributed by atoms with van der Waals surface area (Å²) in [5.74, 6) is 0.793. The van der Waals surface area contributed by atoms with E-state index in [1.165, 1.54) is 11.1 Å². The monoisotopic (exact) mass is 300 g/mol. The first-order valence-corrected chi connectivity index (χ1v) is 7.17. The molecule has 0 heterocycles. The van der Waals surface area contributed by atoms with Crippen molar-refractivity contribution in [3.8, 4) is 5.75 Å². The van der Waals surface area contributed by atoms with Crippen LogP contribution in [-0.4, -0.2) is 19.1 Å². The molecule has 0 aliphatic heterocycles. The summed E-state index contributed by atoms with van der Waals surface area (Å²) in [7, 11) is 3.68. The zero-order valence-electron chi connectivity index (χ0n) is 12.6. The van der Waals surface area contributed by atoms with Gasteiger partial charge in [-0.1, -0.05) is 36.5 Å². The quantitative estimate of drug-likeness (QED) is 0.860. The third-order valence-electron chi connectivity index (χ3n) is 3.55. The lowest BCUT2D eigenvalue weighted by Gasteiger charge is -2.23. The Hall–Kier alpha value is -2.07. The minimum atomic E-state index is 0.393. The summed E-state index contributed by atoms with van der Waals surface area (Å²) in [5, 5.41) is 0. The maximum Gasteiger partial charge on any atom is 0.120 e. The molecule has 0 bridgehead atoms. The molecule has 2 aromatic carbocycles. The molecular formula is C17H20N2OS. The molecule has 0 spiro atoms. The minimum absolute atomic E-state index is 0.393. The maximum absolute atomic E-state index is 5.83. The van der Waals surface area contributed by atoms with Crippen molar-refractivity contribution in [3.63, 3.8) is 0 Å². The highest BCUT2D eigenvalue weighted by Crippen LogP contribution is 2.27. The van der Waals surface area contributed by atoms with Gasteiger partial charge in [-0.25, -0.2) is 0 Å². The number of nitrogens with zero attached hydrogens (tertiary/aromatic N) is 1. The number of aryl methyl sites for hydroxylation is 1. The van der Waals surface area contributed by atoms with E-state index in [1.54, 1.807) is 7.11 Å². The highest BCUT2D eigenvalue weighted by atomic mass is 32.1. The van der Waals surface area contributed by atoms with Crippen molar-refractivity contribution in [2.45, 2.75) is 13.5 Å². The van der Waals surface area contributed by atoms with Crippen molar-refractivity contribution in [1.29, 1.82) is 0 Å². The van der Waals surface area contributed by atoms with Crippen LogP contribution in [0.5, 0.6) is 5.75 Å². The van der Waals surface area contributed by atoms with Gasteiger partial charge in [0.05, 0.1) is 12.8 Å². The highest BCUT2D eigenvalue weighted by molar-refractivity contribution is 7.80. The Morgan fingerprint density at radius 2 is 1.95 bits per heavy atom. The van der Waals surface area contributed by atoms with Crippen molar-refractivity contribution in [2.75, 3.05) is 19.1 Å². The smallest absolute Gasteiger partial charge is 0.120 e. The van der Waals surface area contributed by atoms with Crippen LogP contribution >= 0.6 is 12.2 Å². The van der Waals surface area contributed by atoms with Gasteiger partial charge in [0.15, 0.2) is 0 Å². The summed E-state index contributed by atoms with van der Waals surface area (Å²) in [5.41, 5.74) is 10.2. The number of nitrogens with two attached hydrogens (primary N) is 1. The van der Waals surface area contributed by atoms with Gasteiger partial charge in [-0.3, -0.25) is 0 Å². The molecule has 0 aliphatic rings. The van der Waals surface area contributed by atoms with E-state index in [9.17, 15) is 0 Å². The van der Waals surface area contributed by atoms with Crippen LogP contribution in [0, 0.1) is 6.92 Å². The van der Waals surface area contributed by atoms with Gasteiger partial charge in [0.2, 0.25) is 0 Å². The van der Waals surface area contributed by atoms with Gasteiger partial charge >= 0.3 is 0 Å². The normalized spacial score (nSPS) is 10.2. The molecule has 0 aromatic heterocycles. The van der Waals surface area contributed by atoms with E-state index in [0.717, 1.165) is 23.5 Å². The summed E-state index contributed by atoms with van der Waals surface area (Å²) >= 11 is 5.15. The lowest BCUT2D eigenvalue weighted by molar-refractivity contribution is 0.415. The van der Waals surface area contributed by atoms with Crippen LogP contribution in [0.25, 0.3) is 0 Å². The van der Waals surface area contributed by atoms with Crippen molar-refractivity contribution in [2.24, 2.45) is 5.73 Å². The lowest BCUT2D eigenvalue weighted by atomic mass is 10.1. The molecule has 0 radical (unpaired) electrons. The van der Waals surface area contributed by atoms with Crippen LogP contribution in [-0.2, 0) is 6.54 Å². The number of hydrogen-bond acceptors (Lipinski definition) is 3. The molecule has 3 nitrogen and oxygen atoms in total. The van der Waals surface area contributed by atoms with Crippen LogP contribution in [0.1, 0.15) is 16.7 Å². The molecule has 0 atom stereocenters. The lowest BCUT2D eigenvalue weighted by Crippen LogP contribution is -2.22. The molecule has 0 saturated heterocycles. The van der Waals surface area contributed by atoms with Crippen LogP contribution in [0.15, 0.2) is 42.5 Å². The Morgan fingerprint density at radius 1 is 1.24 bits per heavy atom. The number of thiocarbonyl (C=S) groups is 1. The molecule has 110 valence electrons. The predicted molar refractivity (Wildman–Crippen MR) is 92.2 cm³/mol. The summed E-state index contributed by atoms with van der Waals surface area (Å²) in [6, 6.07) is 14.1. The molecule has 0 fully saturated rings. The fourth-order valence-corrected chi connectivity index (χ4v) is 2.46. The Labute approximate surface area is 131 Å². The fourth-order valence-electron chi connectivity index (χ4n) is 2.29.